The molecule has 0 fully saturated rings. The zero-order valence-corrected chi connectivity index (χ0v) is 17.7. The van der Waals surface area contributed by atoms with Gasteiger partial charge in [-0.1, -0.05) is 0 Å². The van der Waals surface area contributed by atoms with Crippen molar-refractivity contribution in [2.75, 3.05) is 0 Å². The van der Waals surface area contributed by atoms with Gasteiger partial charge in [-0.3, -0.25) is 15.1 Å². The van der Waals surface area contributed by atoms with Gasteiger partial charge in [-0.15, -0.1) is 5.11 Å². The van der Waals surface area contributed by atoms with Crippen LogP contribution >= 0.6 is 0 Å². The quantitative estimate of drug-likeness (QED) is 0.131. The van der Waals surface area contributed by atoms with Crippen LogP contribution in [0.1, 0.15) is 21.5 Å². The second-order valence-electron chi connectivity index (χ2n) is 7.36. The molecule has 0 spiro atoms. The summed E-state index contributed by atoms with van der Waals surface area (Å²) in [7, 11) is 0. The second kappa shape index (κ2) is 8.83. The predicted molar refractivity (Wildman–Crippen MR) is 122 cm³/mol. The van der Waals surface area contributed by atoms with Gasteiger partial charge in [-0.05, 0) is 72.8 Å². The van der Waals surface area contributed by atoms with Gasteiger partial charge >= 0.3 is 5.97 Å². The highest BCUT2D eigenvalue weighted by molar-refractivity contribution is 6.01. The molecule has 1 aromatic heterocycles. The standard InChI is InChI=1S/C24H18N4O5/c1-14-9-18(10-15(2)23(14)29)26-27-22-12-17-13-25-8-7-16(17)11-21(22)24(30)33-20-5-3-19(4-6-20)28(31)32/h3-13,29H,1-2H3. The third-order valence-corrected chi connectivity index (χ3v) is 4.98. The molecule has 164 valence electrons. The Bertz CT molecular complexity index is 1390. The number of ether oxygens (including phenoxy) is 1. The highest BCUT2D eigenvalue weighted by Crippen LogP contribution is 2.31. The molecule has 4 aromatic rings. The SMILES string of the molecule is Cc1cc(N=Nc2cc3cnccc3cc2C(=O)Oc2ccc([N+](=O)[O-])cc2)cc(C)c1O. The van der Waals surface area contributed by atoms with Crippen LogP contribution < -0.4 is 4.74 Å². The minimum atomic E-state index is -0.686. The molecule has 3 aromatic carbocycles. The number of aromatic hydroxyl groups is 1. The summed E-state index contributed by atoms with van der Waals surface area (Å²) in [6, 6.07) is 13.6. The smallest absolute Gasteiger partial charge is 0.345 e. The lowest BCUT2D eigenvalue weighted by Crippen LogP contribution is -2.09. The Balaban J connectivity index is 1.71. The summed E-state index contributed by atoms with van der Waals surface area (Å²) in [5.74, 6) is -0.333. The number of nitro benzene ring substituents is 1. The summed E-state index contributed by atoms with van der Waals surface area (Å²) in [6.45, 7) is 3.52. The van der Waals surface area contributed by atoms with E-state index in [9.17, 15) is 20.0 Å². The molecule has 0 saturated heterocycles. The Labute approximate surface area is 188 Å². The second-order valence-corrected chi connectivity index (χ2v) is 7.36. The van der Waals surface area contributed by atoms with Gasteiger partial charge < -0.3 is 9.84 Å². The molecule has 0 unspecified atom stereocenters. The monoisotopic (exact) mass is 442 g/mol. The molecule has 0 amide bonds. The van der Waals surface area contributed by atoms with E-state index in [0.29, 0.717) is 16.8 Å². The van der Waals surface area contributed by atoms with E-state index >= 15 is 0 Å². The Hall–Kier alpha value is -4.66. The molecule has 0 aliphatic rings. The summed E-state index contributed by atoms with van der Waals surface area (Å²) in [4.78, 5) is 27.4. The number of non-ortho nitro benzene ring substituents is 1. The number of nitro groups is 1. The van der Waals surface area contributed by atoms with Crippen LogP contribution in [0.3, 0.4) is 0 Å². The van der Waals surface area contributed by atoms with E-state index in [1.807, 2.05) is 0 Å². The van der Waals surface area contributed by atoms with E-state index in [-0.39, 0.29) is 28.4 Å². The van der Waals surface area contributed by atoms with E-state index in [4.69, 9.17) is 4.74 Å². The number of carbonyl (C=O) groups excluding carboxylic acids is 1. The van der Waals surface area contributed by atoms with Crippen LogP contribution in [0.15, 0.2) is 77.2 Å². The number of carbonyl (C=O) groups is 1. The summed E-state index contributed by atoms with van der Waals surface area (Å²) < 4.78 is 5.42. The van der Waals surface area contributed by atoms with Crippen molar-refractivity contribution in [1.29, 1.82) is 0 Å². The number of hydrogen-bond donors (Lipinski definition) is 1. The molecule has 0 bridgehead atoms. The zero-order valence-electron chi connectivity index (χ0n) is 17.7. The number of aryl methyl sites for hydroxylation is 2. The molecule has 9 heteroatoms. The lowest BCUT2D eigenvalue weighted by molar-refractivity contribution is -0.384. The van der Waals surface area contributed by atoms with E-state index in [2.05, 4.69) is 15.2 Å². The number of fused-ring (bicyclic) bond motifs is 1. The number of azo groups is 1. The van der Waals surface area contributed by atoms with Crippen molar-refractivity contribution in [3.8, 4) is 11.5 Å². The number of rotatable bonds is 5. The number of phenols is 1. The van der Waals surface area contributed by atoms with Gasteiger partial charge in [-0.25, -0.2) is 4.79 Å². The van der Waals surface area contributed by atoms with Crippen LogP contribution in [-0.2, 0) is 0 Å². The fourth-order valence-corrected chi connectivity index (χ4v) is 3.27. The fourth-order valence-electron chi connectivity index (χ4n) is 3.27. The lowest BCUT2D eigenvalue weighted by Gasteiger charge is -2.08. The Morgan fingerprint density at radius 1 is 1.00 bits per heavy atom. The Morgan fingerprint density at radius 2 is 1.70 bits per heavy atom. The fraction of sp³-hybridized carbons (Fsp3) is 0.0833. The first-order valence-corrected chi connectivity index (χ1v) is 9.88. The number of benzene rings is 3. The topological polar surface area (TPSA) is 127 Å². The number of hydrogen-bond acceptors (Lipinski definition) is 8. The van der Waals surface area contributed by atoms with Crippen LogP contribution in [0, 0.1) is 24.0 Å². The van der Waals surface area contributed by atoms with E-state index in [1.54, 1.807) is 56.6 Å². The molecule has 1 heterocycles. The molecule has 1 N–H and O–H groups in total. The number of phenolic OH excluding ortho intramolecular Hbond substituents is 1. The van der Waals surface area contributed by atoms with Crippen molar-refractivity contribution in [3.05, 3.63) is 93.8 Å². The van der Waals surface area contributed by atoms with Crippen molar-refractivity contribution in [3.63, 3.8) is 0 Å². The molecule has 4 rings (SSSR count). The summed E-state index contributed by atoms with van der Waals surface area (Å²) in [5.41, 5.74) is 2.16. The summed E-state index contributed by atoms with van der Waals surface area (Å²) in [5, 5.41) is 30.8. The first-order chi connectivity index (χ1) is 15.8. The Kier molecular flexibility index (Phi) is 5.77. The van der Waals surface area contributed by atoms with Crippen molar-refractivity contribution < 1.29 is 19.6 Å². The molecular weight excluding hydrogens is 424 g/mol. The first kappa shape index (κ1) is 21.6. The van der Waals surface area contributed by atoms with Crippen LogP contribution in [0.25, 0.3) is 10.8 Å². The third kappa shape index (κ3) is 4.67. The predicted octanol–water partition coefficient (Wildman–Crippen LogP) is 6.10. The normalized spacial score (nSPS) is 11.1. The number of aromatic nitrogens is 1. The third-order valence-electron chi connectivity index (χ3n) is 4.98. The van der Waals surface area contributed by atoms with Crippen molar-refractivity contribution in [2.45, 2.75) is 13.8 Å². The van der Waals surface area contributed by atoms with Crippen LogP contribution in [0.5, 0.6) is 11.5 Å². The van der Waals surface area contributed by atoms with Gasteiger partial charge in [0.2, 0.25) is 0 Å². The maximum atomic E-state index is 13.0. The van der Waals surface area contributed by atoms with Crippen LogP contribution in [-0.4, -0.2) is 21.0 Å². The first-order valence-electron chi connectivity index (χ1n) is 9.88. The maximum absolute atomic E-state index is 13.0. The molecular formula is C24H18N4O5. The van der Waals surface area contributed by atoms with Crippen LogP contribution in [0.2, 0.25) is 0 Å². The average Bonchev–Trinajstić information content (AvgIpc) is 2.80. The van der Waals surface area contributed by atoms with Gasteiger partial charge in [0.1, 0.15) is 17.2 Å². The number of nitrogens with zero attached hydrogens (tertiary/aromatic N) is 4. The van der Waals surface area contributed by atoms with Crippen molar-refractivity contribution in [1.82, 2.24) is 4.98 Å². The lowest BCUT2D eigenvalue weighted by atomic mass is 10.1. The van der Waals surface area contributed by atoms with Gasteiger partial charge in [0.15, 0.2) is 0 Å². The summed E-state index contributed by atoms with van der Waals surface area (Å²) >= 11 is 0. The average molecular weight is 442 g/mol. The van der Waals surface area contributed by atoms with E-state index in [0.717, 1.165) is 10.8 Å². The molecule has 9 nitrogen and oxygen atoms in total. The highest BCUT2D eigenvalue weighted by Gasteiger charge is 2.17. The number of esters is 1. The molecule has 0 aliphatic carbocycles. The Morgan fingerprint density at radius 3 is 2.36 bits per heavy atom. The van der Waals surface area contributed by atoms with Crippen molar-refractivity contribution >= 4 is 33.8 Å². The number of pyridine rings is 1. The van der Waals surface area contributed by atoms with Crippen molar-refractivity contribution in [2.24, 2.45) is 10.2 Å². The van der Waals surface area contributed by atoms with Gasteiger partial charge in [0, 0.05) is 29.9 Å². The molecule has 0 atom stereocenters. The summed E-state index contributed by atoms with van der Waals surface area (Å²) in [6.07, 6.45) is 3.26. The molecule has 0 saturated carbocycles. The molecule has 0 radical (unpaired) electrons. The van der Waals surface area contributed by atoms with E-state index < -0.39 is 10.9 Å². The zero-order chi connectivity index (χ0) is 23.5. The molecule has 33 heavy (non-hydrogen) atoms. The highest BCUT2D eigenvalue weighted by atomic mass is 16.6. The minimum Gasteiger partial charge on any atom is -0.507 e. The van der Waals surface area contributed by atoms with Gasteiger partial charge in [0.25, 0.3) is 5.69 Å². The van der Waals surface area contributed by atoms with E-state index in [1.165, 1.54) is 24.3 Å². The van der Waals surface area contributed by atoms with Crippen LogP contribution in [0.4, 0.5) is 17.1 Å². The van der Waals surface area contributed by atoms with Gasteiger partial charge in [-0.2, -0.15) is 5.11 Å². The largest absolute Gasteiger partial charge is 0.507 e. The molecule has 0 aliphatic heterocycles. The minimum absolute atomic E-state index is 0.109. The van der Waals surface area contributed by atoms with Gasteiger partial charge in [0.05, 0.1) is 16.2 Å². The maximum Gasteiger partial charge on any atom is 0.345 e.